The molecule has 1 amide bonds. The van der Waals surface area contributed by atoms with Crippen molar-refractivity contribution < 1.29 is 26.4 Å². The molecule has 210 valence electrons. The summed E-state index contributed by atoms with van der Waals surface area (Å²) in [5, 5.41) is 2.82. The van der Waals surface area contributed by atoms with Gasteiger partial charge in [0.1, 0.15) is 4.90 Å². The predicted molar refractivity (Wildman–Crippen MR) is 149 cm³/mol. The topological polar surface area (TPSA) is 116 Å². The van der Waals surface area contributed by atoms with Gasteiger partial charge in [-0.2, -0.15) is 8.61 Å². The van der Waals surface area contributed by atoms with Crippen LogP contribution in [0.4, 0.5) is 11.4 Å². The van der Waals surface area contributed by atoms with Gasteiger partial charge in [-0.1, -0.05) is 39.3 Å². The average molecular weight is 587 g/mol. The van der Waals surface area contributed by atoms with Crippen LogP contribution in [0.5, 0.6) is 0 Å². The summed E-state index contributed by atoms with van der Waals surface area (Å²) in [6, 6.07) is 8.71. The summed E-state index contributed by atoms with van der Waals surface area (Å²) >= 11 is 6.23. The summed E-state index contributed by atoms with van der Waals surface area (Å²) in [7, 11) is -7.70. The van der Waals surface area contributed by atoms with Crippen molar-refractivity contribution in [2.75, 3.05) is 62.7 Å². The molecule has 0 aliphatic carbocycles. The third-order valence-electron chi connectivity index (χ3n) is 6.43. The molecule has 1 heterocycles. The van der Waals surface area contributed by atoms with E-state index in [4.69, 9.17) is 16.3 Å². The van der Waals surface area contributed by atoms with E-state index in [1.807, 2.05) is 4.90 Å². The van der Waals surface area contributed by atoms with Gasteiger partial charge in [-0.3, -0.25) is 4.79 Å². The molecule has 0 bridgehead atoms. The van der Waals surface area contributed by atoms with E-state index >= 15 is 0 Å². The summed E-state index contributed by atoms with van der Waals surface area (Å²) in [5.41, 5.74) is 1.02. The van der Waals surface area contributed by atoms with Gasteiger partial charge in [0.25, 0.3) is 5.91 Å². The lowest BCUT2D eigenvalue weighted by atomic mass is 10.2. The molecule has 0 atom stereocenters. The third-order valence-corrected chi connectivity index (χ3v) is 11.0. The molecule has 1 fully saturated rings. The van der Waals surface area contributed by atoms with Crippen molar-refractivity contribution >= 4 is 48.9 Å². The number of benzene rings is 2. The summed E-state index contributed by atoms with van der Waals surface area (Å²) in [4.78, 5) is 15.3. The zero-order valence-electron chi connectivity index (χ0n) is 22.1. The van der Waals surface area contributed by atoms with Crippen LogP contribution < -0.4 is 10.2 Å². The van der Waals surface area contributed by atoms with Crippen LogP contribution in [-0.2, 0) is 24.8 Å². The largest absolute Gasteiger partial charge is 0.378 e. The minimum absolute atomic E-state index is 0.00905. The molecule has 1 saturated heterocycles. The predicted octanol–water partition coefficient (Wildman–Crippen LogP) is 3.49. The third kappa shape index (κ3) is 6.32. The van der Waals surface area contributed by atoms with Crippen LogP contribution in [0.25, 0.3) is 0 Å². The molecule has 2 aromatic carbocycles. The first kappa shape index (κ1) is 30.3. The summed E-state index contributed by atoms with van der Waals surface area (Å²) in [6.45, 7) is 10.2. The standard InChI is InChI=1S/C25H35ClN4O6S2/c1-5-29(6-2)37(32,33)20-10-12-23(28-13-15-36-16-14-28)22(18-20)27-25(31)19-9-11-21(26)24(17-19)38(34,35)30(7-3)8-4/h9-12,17-18H,5-8,13-16H2,1-4H3,(H,27,31). The molecule has 0 aromatic heterocycles. The molecular weight excluding hydrogens is 552 g/mol. The van der Waals surface area contributed by atoms with Crippen molar-refractivity contribution in [2.24, 2.45) is 0 Å². The molecule has 0 radical (unpaired) electrons. The van der Waals surface area contributed by atoms with E-state index < -0.39 is 26.0 Å². The van der Waals surface area contributed by atoms with Gasteiger partial charge in [0.05, 0.1) is 34.5 Å². The van der Waals surface area contributed by atoms with E-state index in [9.17, 15) is 21.6 Å². The van der Waals surface area contributed by atoms with Crippen LogP contribution in [0.2, 0.25) is 5.02 Å². The monoisotopic (exact) mass is 586 g/mol. The van der Waals surface area contributed by atoms with Crippen LogP contribution in [0.15, 0.2) is 46.2 Å². The first-order chi connectivity index (χ1) is 18.0. The number of nitrogens with zero attached hydrogens (tertiary/aromatic N) is 3. The number of carbonyl (C=O) groups is 1. The Morgan fingerprint density at radius 3 is 2.05 bits per heavy atom. The number of hydrogen-bond donors (Lipinski definition) is 1. The summed E-state index contributed by atoms with van der Waals surface area (Å²) in [5.74, 6) is -0.593. The van der Waals surface area contributed by atoms with E-state index in [0.717, 1.165) is 0 Å². The number of rotatable bonds is 11. The Kier molecular flexibility index (Phi) is 10.2. The maximum Gasteiger partial charge on any atom is 0.255 e. The van der Waals surface area contributed by atoms with Crippen molar-refractivity contribution in [1.82, 2.24) is 8.61 Å². The summed E-state index contributed by atoms with van der Waals surface area (Å²) in [6.07, 6.45) is 0. The van der Waals surface area contributed by atoms with E-state index in [1.165, 1.54) is 38.9 Å². The van der Waals surface area contributed by atoms with Crippen LogP contribution in [0.3, 0.4) is 0 Å². The second kappa shape index (κ2) is 12.8. The van der Waals surface area contributed by atoms with Gasteiger partial charge in [-0.15, -0.1) is 0 Å². The van der Waals surface area contributed by atoms with Gasteiger partial charge >= 0.3 is 0 Å². The van der Waals surface area contributed by atoms with E-state index in [-0.39, 0.29) is 33.5 Å². The van der Waals surface area contributed by atoms with Crippen molar-refractivity contribution in [3.8, 4) is 0 Å². The van der Waals surface area contributed by atoms with Gasteiger partial charge in [0.15, 0.2) is 0 Å². The molecule has 38 heavy (non-hydrogen) atoms. The molecule has 1 N–H and O–H groups in total. The highest BCUT2D eigenvalue weighted by atomic mass is 35.5. The van der Waals surface area contributed by atoms with Crippen LogP contribution in [-0.4, -0.2) is 83.8 Å². The SMILES string of the molecule is CCN(CC)S(=O)(=O)c1ccc(N2CCOCC2)c(NC(=O)c2ccc(Cl)c(S(=O)(=O)N(CC)CC)c2)c1. The normalized spacial score (nSPS) is 14.8. The van der Waals surface area contributed by atoms with Gasteiger partial charge < -0.3 is 15.0 Å². The van der Waals surface area contributed by atoms with Crippen molar-refractivity contribution in [3.05, 3.63) is 47.0 Å². The maximum absolute atomic E-state index is 13.4. The lowest BCUT2D eigenvalue weighted by Gasteiger charge is -2.31. The lowest BCUT2D eigenvalue weighted by molar-refractivity contribution is 0.102. The molecule has 2 aromatic rings. The molecule has 1 aliphatic heterocycles. The number of amides is 1. The van der Waals surface area contributed by atoms with Crippen LogP contribution >= 0.6 is 11.6 Å². The Bertz CT molecular complexity index is 1350. The highest BCUT2D eigenvalue weighted by molar-refractivity contribution is 7.89. The molecule has 13 heteroatoms. The number of sulfonamides is 2. The van der Waals surface area contributed by atoms with E-state index in [0.29, 0.717) is 50.8 Å². The molecule has 1 aliphatic rings. The van der Waals surface area contributed by atoms with Crippen LogP contribution in [0.1, 0.15) is 38.1 Å². The smallest absolute Gasteiger partial charge is 0.255 e. The fraction of sp³-hybridized carbons (Fsp3) is 0.480. The Morgan fingerprint density at radius 2 is 1.47 bits per heavy atom. The minimum Gasteiger partial charge on any atom is -0.378 e. The Labute approximate surface area is 230 Å². The number of carbonyl (C=O) groups excluding carboxylic acids is 1. The Balaban J connectivity index is 2.05. The van der Waals surface area contributed by atoms with Crippen molar-refractivity contribution in [1.29, 1.82) is 0 Å². The molecule has 3 rings (SSSR count). The minimum atomic E-state index is -3.91. The van der Waals surface area contributed by atoms with Gasteiger partial charge in [-0.05, 0) is 36.4 Å². The fourth-order valence-corrected chi connectivity index (χ4v) is 7.75. The lowest BCUT2D eigenvalue weighted by Crippen LogP contribution is -2.37. The van der Waals surface area contributed by atoms with Crippen LogP contribution in [0, 0.1) is 0 Å². The number of anilines is 2. The zero-order chi connectivity index (χ0) is 28.1. The van der Waals surface area contributed by atoms with E-state index in [2.05, 4.69) is 5.32 Å². The number of ether oxygens (including phenoxy) is 1. The van der Waals surface area contributed by atoms with Crippen molar-refractivity contribution in [2.45, 2.75) is 37.5 Å². The van der Waals surface area contributed by atoms with Gasteiger partial charge in [0, 0.05) is 44.8 Å². The molecule has 0 unspecified atom stereocenters. The highest BCUT2D eigenvalue weighted by Gasteiger charge is 2.27. The first-order valence-electron chi connectivity index (χ1n) is 12.6. The molecular formula is C25H35ClN4O6S2. The van der Waals surface area contributed by atoms with Gasteiger partial charge in [0.2, 0.25) is 20.0 Å². The van der Waals surface area contributed by atoms with Crippen molar-refractivity contribution in [3.63, 3.8) is 0 Å². The zero-order valence-corrected chi connectivity index (χ0v) is 24.5. The highest BCUT2D eigenvalue weighted by Crippen LogP contribution is 2.32. The number of hydrogen-bond acceptors (Lipinski definition) is 7. The second-order valence-electron chi connectivity index (χ2n) is 8.56. The molecule has 0 saturated carbocycles. The number of halogens is 1. The summed E-state index contributed by atoms with van der Waals surface area (Å²) < 4.78 is 60.6. The Morgan fingerprint density at radius 1 is 0.895 bits per heavy atom. The second-order valence-corrected chi connectivity index (χ2v) is 12.8. The average Bonchev–Trinajstić information content (AvgIpc) is 2.90. The first-order valence-corrected chi connectivity index (χ1v) is 15.8. The van der Waals surface area contributed by atoms with E-state index in [1.54, 1.807) is 33.8 Å². The molecule has 0 spiro atoms. The quantitative estimate of drug-likeness (QED) is 0.428. The Hall–Kier alpha value is -2.22. The number of nitrogens with one attached hydrogen (secondary N) is 1. The fourth-order valence-electron chi connectivity index (χ4n) is 4.31. The molecule has 10 nitrogen and oxygen atoms in total. The van der Waals surface area contributed by atoms with Gasteiger partial charge in [-0.25, -0.2) is 16.8 Å². The maximum atomic E-state index is 13.4. The number of morpholine rings is 1.